The highest BCUT2D eigenvalue weighted by Gasteiger charge is 2.27. The van der Waals surface area contributed by atoms with E-state index in [-0.39, 0.29) is 18.4 Å². The lowest BCUT2D eigenvalue weighted by atomic mass is 9.97. The van der Waals surface area contributed by atoms with Gasteiger partial charge in [0.2, 0.25) is 5.91 Å². The molecule has 2 aromatic carbocycles. The van der Waals surface area contributed by atoms with Crippen LogP contribution in [0, 0.1) is 5.92 Å². The van der Waals surface area contributed by atoms with Crippen molar-refractivity contribution in [2.45, 2.75) is 12.8 Å². The third kappa shape index (κ3) is 4.03. The normalized spacial score (nSPS) is 16.4. The fourth-order valence-corrected chi connectivity index (χ4v) is 3.60. The summed E-state index contributed by atoms with van der Waals surface area (Å²) in [4.78, 5) is 37.8. The molecule has 0 saturated carbocycles. The Hall–Kier alpha value is -3.68. The maximum absolute atomic E-state index is 12.5. The molecule has 0 bridgehead atoms. The van der Waals surface area contributed by atoms with Crippen LogP contribution in [0.1, 0.15) is 23.2 Å². The lowest BCUT2D eigenvalue weighted by Gasteiger charge is -2.31. The Morgan fingerprint density at radius 3 is 2.73 bits per heavy atom. The topological polar surface area (TPSA) is 116 Å². The molecule has 1 aliphatic heterocycles. The Morgan fingerprint density at radius 1 is 1.17 bits per heavy atom. The second-order valence-corrected chi connectivity index (χ2v) is 7.27. The summed E-state index contributed by atoms with van der Waals surface area (Å²) in [5, 5.41) is 4.71. The van der Waals surface area contributed by atoms with Crippen LogP contribution in [-0.4, -0.2) is 47.5 Å². The second-order valence-electron chi connectivity index (χ2n) is 7.27. The Bertz CT molecular complexity index is 1090. The third-order valence-electron chi connectivity index (χ3n) is 5.25. The first kappa shape index (κ1) is 19.6. The first-order valence-corrected chi connectivity index (χ1v) is 9.72. The molecule has 0 radical (unpaired) electrons. The predicted molar refractivity (Wildman–Crippen MR) is 108 cm³/mol. The number of fused-ring (bicyclic) bond motifs is 1. The van der Waals surface area contributed by atoms with Gasteiger partial charge in [-0.15, -0.1) is 0 Å². The highest BCUT2D eigenvalue weighted by Crippen LogP contribution is 2.29. The van der Waals surface area contributed by atoms with Crippen LogP contribution in [0.25, 0.3) is 22.2 Å². The largest absolute Gasteiger partial charge is 0.452 e. The van der Waals surface area contributed by atoms with E-state index in [9.17, 15) is 14.4 Å². The Kier molecular flexibility index (Phi) is 5.47. The van der Waals surface area contributed by atoms with Crippen LogP contribution in [0.2, 0.25) is 0 Å². The van der Waals surface area contributed by atoms with Crippen molar-refractivity contribution in [3.05, 3.63) is 54.1 Å². The number of ether oxygens (including phenoxy) is 1. The summed E-state index contributed by atoms with van der Waals surface area (Å²) < 4.78 is 10.7. The van der Waals surface area contributed by atoms with E-state index in [1.807, 2.05) is 30.3 Å². The summed E-state index contributed by atoms with van der Waals surface area (Å²) in [7, 11) is 0. The summed E-state index contributed by atoms with van der Waals surface area (Å²) in [6, 6.07) is 14.3. The number of piperidine rings is 1. The second kappa shape index (κ2) is 8.36. The van der Waals surface area contributed by atoms with Crippen LogP contribution in [0.5, 0.6) is 0 Å². The van der Waals surface area contributed by atoms with Gasteiger partial charge in [0, 0.05) is 18.7 Å². The van der Waals surface area contributed by atoms with Gasteiger partial charge in [0.05, 0.1) is 16.9 Å². The molecule has 1 aromatic heterocycles. The quantitative estimate of drug-likeness (QED) is 0.649. The van der Waals surface area contributed by atoms with E-state index >= 15 is 0 Å². The molecule has 30 heavy (non-hydrogen) atoms. The fraction of sp³-hybridized carbons (Fsp3) is 0.273. The summed E-state index contributed by atoms with van der Waals surface area (Å²) in [6.07, 6.45) is 1.36. The molecular weight excluding hydrogens is 386 g/mol. The number of nitrogens with two attached hydrogens (primary N) is 1. The number of nitrogens with zero attached hydrogens (tertiary/aromatic N) is 2. The zero-order valence-corrected chi connectivity index (χ0v) is 16.2. The molecule has 8 nitrogen and oxygen atoms in total. The van der Waals surface area contributed by atoms with Gasteiger partial charge in [-0.05, 0) is 31.0 Å². The molecule has 1 atom stereocenters. The van der Waals surface area contributed by atoms with E-state index in [4.69, 9.17) is 15.0 Å². The summed E-state index contributed by atoms with van der Waals surface area (Å²) in [5.74, 6) is -1.17. The number of carbonyl (C=O) groups is 3. The SMILES string of the molecule is NC(=O)[C@@H]1CCCN(C(=O)COC(=O)c2ccc3noc(-c4ccccc4)c3c2)C1. The molecule has 2 heterocycles. The molecule has 154 valence electrons. The van der Waals surface area contributed by atoms with Crippen LogP contribution in [-0.2, 0) is 14.3 Å². The number of primary amides is 1. The van der Waals surface area contributed by atoms with Crippen LogP contribution in [0.4, 0.5) is 0 Å². The molecule has 2 N–H and O–H groups in total. The van der Waals surface area contributed by atoms with E-state index in [2.05, 4.69) is 5.16 Å². The van der Waals surface area contributed by atoms with Crippen molar-refractivity contribution in [3.8, 4) is 11.3 Å². The van der Waals surface area contributed by atoms with E-state index in [1.165, 1.54) is 4.90 Å². The van der Waals surface area contributed by atoms with Crippen LogP contribution in [0.3, 0.4) is 0 Å². The average Bonchev–Trinajstić information content (AvgIpc) is 3.21. The molecule has 0 spiro atoms. The summed E-state index contributed by atoms with van der Waals surface area (Å²) in [6.45, 7) is 0.392. The van der Waals surface area contributed by atoms with Gasteiger partial charge in [0.25, 0.3) is 5.91 Å². The van der Waals surface area contributed by atoms with Crippen LogP contribution >= 0.6 is 0 Å². The molecule has 1 saturated heterocycles. The fourth-order valence-electron chi connectivity index (χ4n) is 3.60. The lowest BCUT2D eigenvalue weighted by molar-refractivity contribution is -0.137. The molecule has 8 heteroatoms. The first-order chi connectivity index (χ1) is 14.5. The molecule has 0 unspecified atom stereocenters. The van der Waals surface area contributed by atoms with E-state index in [0.717, 1.165) is 5.56 Å². The highest BCUT2D eigenvalue weighted by atomic mass is 16.5. The van der Waals surface area contributed by atoms with Gasteiger partial charge < -0.3 is 19.9 Å². The standard InChI is InChI=1S/C22H21N3O5/c23-21(27)16-7-4-10-25(12-16)19(26)13-29-22(28)15-8-9-18-17(11-15)20(30-24-18)14-5-2-1-3-6-14/h1-3,5-6,8-9,11,16H,4,7,10,12-13H2,(H2,23,27)/t16-/m1/s1. The predicted octanol–water partition coefficient (Wildman–Crippen LogP) is 2.38. The minimum absolute atomic E-state index is 0.263. The zero-order chi connectivity index (χ0) is 21.1. The molecule has 1 aliphatic rings. The van der Waals surface area contributed by atoms with Gasteiger partial charge in [-0.25, -0.2) is 4.79 Å². The maximum atomic E-state index is 12.5. The van der Waals surface area contributed by atoms with Crippen molar-refractivity contribution in [2.75, 3.05) is 19.7 Å². The monoisotopic (exact) mass is 407 g/mol. The Labute approximate surface area is 172 Å². The number of likely N-dealkylation sites (tertiary alicyclic amines) is 1. The number of carbonyl (C=O) groups excluding carboxylic acids is 3. The van der Waals surface area contributed by atoms with Crippen molar-refractivity contribution in [1.82, 2.24) is 10.1 Å². The molecule has 4 rings (SSSR count). The van der Waals surface area contributed by atoms with Gasteiger partial charge in [-0.3, -0.25) is 9.59 Å². The zero-order valence-electron chi connectivity index (χ0n) is 16.2. The Morgan fingerprint density at radius 2 is 1.97 bits per heavy atom. The van der Waals surface area contributed by atoms with Crippen LogP contribution < -0.4 is 5.73 Å². The van der Waals surface area contributed by atoms with Crippen molar-refractivity contribution in [3.63, 3.8) is 0 Å². The maximum Gasteiger partial charge on any atom is 0.338 e. The molecular formula is C22H21N3O5. The highest BCUT2D eigenvalue weighted by molar-refractivity contribution is 5.99. The first-order valence-electron chi connectivity index (χ1n) is 9.72. The minimum atomic E-state index is -0.617. The lowest BCUT2D eigenvalue weighted by Crippen LogP contribution is -2.45. The molecule has 0 aliphatic carbocycles. The summed E-state index contributed by atoms with van der Waals surface area (Å²) in [5.41, 5.74) is 7.10. The van der Waals surface area contributed by atoms with E-state index < -0.39 is 18.5 Å². The molecule has 3 aromatic rings. The smallest absolute Gasteiger partial charge is 0.338 e. The number of hydrogen-bond donors (Lipinski definition) is 1. The van der Waals surface area contributed by atoms with Crippen molar-refractivity contribution in [2.24, 2.45) is 11.7 Å². The van der Waals surface area contributed by atoms with Gasteiger partial charge in [-0.2, -0.15) is 0 Å². The molecule has 1 fully saturated rings. The van der Waals surface area contributed by atoms with Gasteiger partial charge in [-0.1, -0.05) is 35.5 Å². The van der Waals surface area contributed by atoms with Crippen molar-refractivity contribution < 1.29 is 23.6 Å². The molecule has 2 amide bonds. The van der Waals surface area contributed by atoms with Crippen molar-refractivity contribution >= 4 is 28.7 Å². The van der Waals surface area contributed by atoms with E-state index in [1.54, 1.807) is 18.2 Å². The number of amides is 2. The minimum Gasteiger partial charge on any atom is -0.452 e. The number of esters is 1. The van der Waals surface area contributed by atoms with Crippen LogP contribution in [0.15, 0.2) is 53.1 Å². The number of hydrogen-bond acceptors (Lipinski definition) is 6. The number of benzene rings is 2. The number of aromatic nitrogens is 1. The van der Waals surface area contributed by atoms with E-state index in [0.29, 0.717) is 41.6 Å². The van der Waals surface area contributed by atoms with Gasteiger partial charge >= 0.3 is 5.97 Å². The van der Waals surface area contributed by atoms with Crippen molar-refractivity contribution in [1.29, 1.82) is 0 Å². The Balaban J connectivity index is 1.45. The average molecular weight is 407 g/mol. The third-order valence-corrected chi connectivity index (χ3v) is 5.25. The number of rotatable bonds is 5. The van der Waals surface area contributed by atoms with Gasteiger partial charge in [0.1, 0.15) is 5.52 Å². The van der Waals surface area contributed by atoms with Gasteiger partial charge in [0.15, 0.2) is 12.4 Å². The summed E-state index contributed by atoms with van der Waals surface area (Å²) >= 11 is 0.